The van der Waals surface area contributed by atoms with Gasteiger partial charge in [0.05, 0.1) is 4.90 Å². The molecule has 19 heavy (non-hydrogen) atoms. The Hall–Kier alpha value is -0.980. The van der Waals surface area contributed by atoms with Crippen LogP contribution in [0, 0.1) is 19.7 Å². The number of hydrogen-bond acceptors (Lipinski definition) is 3. The fourth-order valence-corrected chi connectivity index (χ4v) is 4.17. The van der Waals surface area contributed by atoms with E-state index >= 15 is 0 Å². The lowest BCUT2D eigenvalue weighted by Gasteiger charge is -2.33. The zero-order valence-electron chi connectivity index (χ0n) is 11.4. The van der Waals surface area contributed by atoms with Crippen molar-refractivity contribution in [1.29, 1.82) is 0 Å². The van der Waals surface area contributed by atoms with E-state index in [1.54, 1.807) is 13.8 Å². The molecule has 1 fully saturated rings. The number of sulfonamides is 1. The lowest BCUT2D eigenvalue weighted by atomic mass is 10.1. The molecule has 0 radical (unpaired) electrons. The molecule has 1 saturated heterocycles. The van der Waals surface area contributed by atoms with E-state index in [1.165, 1.54) is 16.4 Å². The van der Waals surface area contributed by atoms with Crippen molar-refractivity contribution in [3.63, 3.8) is 0 Å². The summed E-state index contributed by atoms with van der Waals surface area (Å²) in [5.41, 5.74) is 0.725. The van der Waals surface area contributed by atoms with E-state index in [-0.39, 0.29) is 16.8 Å². The fourth-order valence-electron chi connectivity index (χ4n) is 2.37. The first kappa shape index (κ1) is 14.4. The molecule has 2 rings (SSSR count). The average Bonchev–Trinajstić information content (AvgIpc) is 2.35. The van der Waals surface area contributed by atoms with Crippen molar-refractivity contribution in [2.45, 2.75) is 31.7 Å². The van der Waals surface area contributed by atoms with Gasteiger partial charge in [-0.05, 0) is 44.0 Å². The van der Waals surface area contributed by atoms with Crippen molar-refractivity contribution in [3.8, 4) is 0 Å². The minimum atomic E-state index is -3.55. The monoisotopic (exact) mass is 286 g/mol. The average molecular weight is 286 g/mol. The topological polar surface area (TPSA) is 49.4 Å². The molecular formula is C13H19FN2O2S. The molecule has 1 unspecified atom stereocenters. The van der Waals surface area contributed by atoms with Crippen LogP contribution in [0.4, 0.5) is 4.39 Å². The maximum atomic E-state index is 13.6. The van der Waals surface area contributed by atoms with Gasteiger partial charge in [0, 0.05) is 25.7 Å². The summed E-state index contributed by atoms with van der Waals surface area (Å²) in [5, 5.41) is 3.15. The Kier molecular flexibility index (Phi) is 3.94. The Morgan fingerprint density at radius 2 is 1.89 bits per heavy atom. The number of benzene rings is 1. The van der Waals surface area contributed by atoms with Gasteiger partial charge in [-0.15, -0.1) is 0 Å². The van der Waals surface area contributed by atoms with Gasteiger partial charge >= 0.3 is 0 Å². The first-order chi connectivity index (χ1) is 8.84. The van der Waals surface area contributed by atoms with Crippen LogP contribution in [0.1, 0.15) is 18.1 Å². The summed E-state index contributed by atoms with van der Waals surface area (Å²) in [4.78, 5) is 0.178. The standard InChI is InChI=1S/C13H19FN2O2S/c1-9-6-12(7-10(2)13(9)14)19(17,18)16-5-4-15-8-11(16)3/h6-7,11,15H,4-5,8H2,1-3H3. The lowest BCUT2D eigenvalue weighted by Crippen LogP contribution is -2.52. The molecule has 1 aliphatic rings. The van der Waals surface area contributed by atoms with Crippen molar-refractivity contribution in [2.75, 3.05) is 19.6 Å². The Bertz CT molecular complexity index is 563. The molecule has 0 aliphatic carbocycles. The molecule has 1 aliphatic heterocycles. The molecule has 0 spiro atoms. The summed E-state index contributed by atoms with van der Waals surface area (Å²) in [6.07, 6.45) is 0. The molecule has 4 nitrogen and oxygen atoms in total. The van der Waals surface area contributed by atoms with Crippen molar-refractivity contribution >= 4 is 10.0 Å². The van der Waals surface area contributed by atoms with E-state index in [0.29, 0.717) is 30.8 Å². The summed E-state index contributed by atoms with van der Waals surface area (Å²) in [7, 11) is -3.55. The first-order valence-electron chi connectivity index (χ1n) is 6.33. The van der Waals surface area contributed by atoms with Crippen molar-refractivity contribution in [1.82, 2.24) is 9.62 Å². The molecule has 0 bridgehead atoms. The highest BCUT2D eigenvalue weighted by molar-refractivity contribution is 7.89. The third-order valence-corrected chi connectivity index (χ3v) is 5.45. The molecular weight excluding hydrogens is 267 g/mol. The second-order valence-electron chi connectivity index (χ2n) is 5.04. The summed E-state index contributed by atoms with van der Waals surface area (Å²) in [6, 6.07) is 2.73. The Balaban J connectivity index is 2.44. The third kappa shape index (κ3) is 2.66. The van der Waals surface area contributed by atoms with Gasteiger partial charge in [0.25, 0.3) is 0 Å². The quantitative estimate of drug-likeness (QED) is 0.894. The van der Waals surface area contributed by atoms with Gasteiger partial charge in [-0.3, -0.25) is 0 Å². The maximum Gasteiger partial charge on any atom is 0.243 e. The molecule has 1 aromatic carbocycles. The largest absolute Gasteiger partial charge is 0.314 e. The van der Waals surface area contributed by atoms with Crippen LogP contribution in [0.15, 0.2) is 17.0 Å². The summed E-state index contributed by atoms with van der Waals surface area (Å²) < 4.78 is 40.3. The third-order valence-electron chi connectivity index (χ3n) is 3.46. The van der Waals surface area contributed by atoms with Gasteiger partial charge in [0.2, 0.25) is 10.0 Å². The minimum absolute atomic E-state index is 0.0931. The predicted molar refractivity (Wildman–Crippen MR) is 72.1 cm³/mol. The molecule has 106 valence electrons. The number of piperazine rings is 1. The summed E-state index contributed by atoms with van der Waals surface area (Å²) >= 11 is 0. The second-order valence-corrected chi connectivity index (χ2v) is 6.93. The number of nitrogens with zero attached hydrogens (tertiary/aromatic N) is 1. The highest BCUT2D eigenvalue weighted by atomic mass is 32.2. The molecule has 0 saturated carbocycles. The van der Waals surface area contributed by atoms with Gasteiger partial charge in [-0.1, -0.05) is 0 Å². The Morgan fingerprint density at radius 3 is 2.42 bits per heavy atom. The van der Waals surface area contributed by atoms with Gasteiger partial charge in [0.1, 0.15) is 5.82 Å². The summed E-state index contributed by atoms with van der Waals surface area (Å²) in [5.74, 6) is -0.340. The van der Waals surface area contributed by atoms with Crippen LogP contribution in [0.3, 0.4) is 0 Å². The van der Waals surface area contributed by atoms with E-state index in [2.05, 4.69) is 5.32 Å². The Labute approximate surface area is 113 Å². The van der Waals surface area contributed by atoms with E-state index in [1.807, 2.05) is 6.92 Å². The number of nitrogens with one attached hydrogen (secondary N) is 1. The fraction of sp³-hybridized carbons (Fsp3) is 0.538. The zero-order chi connectivity index (χ0) is 14.2. The lowest BCUT2D eigenvalue weighted by molar-refractivity contribution is 0.284. The number of aryl methyl sites for hydroxylation is 2. The van der Waals surface area contributed by atoms with Crippen LogP contribution in [0.2, 0.25) is 0 Å². The highest BCUT2D eigenvalue weighted by Gasteiger charge is 2.31. The maximum absolute atomic E-state index is 13.6. The number of rotatable bonds is 2. The van der Waals surface area contributed by atoms with Crippen LogP contribution in [-0.4, -0.2) is 38.4 Å². The molecule has 1 aromatic rings. The first-order valence-corrected chi connectivity index (χ1v) is 7.77. The van der Waals surface area contributed by atoms with Crippen molar-refractivity contribution in [3.05, 3.63) is 29.1 Å². The second kappa shape index (κ2) is 5.19. The van der Waals surface area contributed by atoms with Crippen LogP contribution >= 0.6 is 0 Å². The van der Waals surface area contributed by atoms with E-state index in [4.69, 9.17) is 0 Å². The minimum Gasteiger partial charge on any atom is -0.314 e. The van der Waals surface area contributed by atoms with E-state index in [0.717, 1.165) is 0 Å². The van der Waals surface area contributed by atoms with Crippen LogP contribution < -0.4 is 5.32 Å². The van der Waals surface area contributed by atoms with Crippen LogP contribution in [0.5, 0.6) is 0 Å². The van der Waals surface area contributed by atoms with Gasteiger partial charge in [-0.25, -0.2) is 12.8 Å². The SMILES string of the molecule is Cc1cc(S(=O)(=O)N2CCNCC2C)cc(C)c1F. The van der Waals surface area contributed by atoms with E-state index < -0.39 is 10.0 Å². The van der Waals surface area contributed by atoms with Crippen molar-refractivity contribution in [2.24, 2.45) is 0 Å². The molecule has 6 heteroatoms. The van der Waals surface area contributed by atoms with Gasteiger partial charge in [0.15, 0.2) is 0 Å². The molecule has 0 aromatic heterocycles. The predicted octanol–water partition coefficient (Wildman–Crippen LogP) is 1.42. The normalized spacial score (nSPS) is 21.6. The zero-order valence-corrected chi connectivity index (χ0v) is 12.2. The van der Waals surface area contributed by atoms with Crippen LogP contribution in [-0.2, 0) is 10.0 Å². The summed E-state index contributed by atoms with van der Waals surface area (Å²) in [6.45, 7) is 6.76. The Morgan fingerprint density at radius 1 is 1.32 bits per heavy atom. The molecule has 0 amide bonds. The van der Waals surface area contributed by atoms with Gasteiger partial charge in [-0.2, -0.15) is 4.31 Å². The molecule has 1 atom stereocenters. The molecule has 1 heterocycles. The van der Waals surface area contributed by atoms with Crippen LogP contribution in [0.25, 0.3) is 0 Å². The smallest absolute Gasteiger partial charge is 0.243 e. The van der Waals surface area contributed by atoms with Gasteiger partial charge < -0.3 is 5.32 Å². The van der Waals surface area contributed by atoms with E-state index in [9.17, 15) is 12.8 Å². The number of halogens is 1. The number of hydrogen-bond donors (Lipinski definition) is 1. The van der Waals surface area contributed by atoms with Crippen molar-refractivity contribution < 1.29 is 12.8 Å². The molecule has 1 N–H and O–H groups in total. The highest BCUT2D eigenvalue weighted by Crippen LogP contribution is 2.23.